The first-order chi connectivity index (χ1) is 8.99. The lowest BCUT2D eigenvalue weighted by Crippen LogP contribution is -2.08. The number of rotatable bonds is 7. The van der Waals surface area contributed by atoms with E-state index in [1.807, 2.05) is 13.8 Å². The van der Waals surface area contributed by atoms with Crippen molar-refractivity contribution >= 4 is 12.0 Å². The Labute approximate surface area is 111 Å². The van der Waals surface area contributed by atoms with Crippen LogP contribution in [-0.2, 0) is 0 Å². The summed E-state index contributed by atoms with van der Waals surface area (Å²) in [6.45, 7) is 6.29. The molecule has 0 aliphatic rings. The highest BCUT2D eigenvalue weighted by atomic mass is 16.6. The third-order valence-electron chi connectivity index (χ3n) is 2.25. The Morgan fingerprint density at radius 2 is 2.05 bits per heavy atom. The van der Waals surface area contributed by atoms with Gasteiger partial charge in [0, 0.05) is 11.6 Å². The number of aldehydes is 1. The van der Waals surface area contributed by atoms with Crippen LogP contribution in [0.15, 0.2) is 12.1 Å². The molecule has 0 atom stereocenters. The zero-order valence-electron chi connectivity index (χ0n) is 11.2. The Hall–Kier alpha value is -2.11. The van der Waals surface area contributed by atoms with Crippen LogP contribution in [-0.4, -0.2) is 24.4 Å². The Bertz CT molecular complexity index is 470. The summed E-state index contributed by atoms with van der Waals surface area (Å²) in [7, 11) is 0. The van der Waals surface area contributed by atoms with Gasteiger partial charge in [-0.1, -0.05) is 13.8 Å². The molecule has 104 valence electrons. The van der Waals surface area contributed by atoms with Crippen LogP contribution < -0.4 is 9.47 Å². The van der Waals surface area contributed by atoms with Crippen molar-refractivity contribution in [1.82, 2.24) is 0 Å². The number of carbonyl (C=O) groups excluding carboxylic acids is 1. The predicted molar refractivity (Wildman–Crippen MR) is 70.0 cm³/mol. The predicted octanol–water partition coefficient (Wildman–Crippen LogP) is 2.84. The summed E-state index contributed by atoms with van der Waals surface area (Å²) < 4.78 is 10.8. The molecular formula is C13H17NO5. The average Bonchev–Trinajstić information content (AvgIpc) is 2.36. The Morgan fingerprint density at radius 1 is 1.37 bits per heavy atom. The van der Waals surface area contributed by atoms with E-state index in [2.05, 4.69) is 0 Å². The van der Waals surface area contributed by atoms with Gasteiger partial charge in [-0.3, -0.25) is 14.9 Å². The minimum atomic E-state index is -0.578. The van der Waals surface area contributed by atoms with Crippen LogP contribution in [0.3, 0.4) is 0 Å². The summed E-state index contributed by atoms with van der Waals surface area (Å²) >= 11 is 0. The number of nitro groups is 1. The molecule has 0 bridgehead atoms. The molecule has 0 radical (unpaired) electrons. The summed E-state index contributed by atoms with van der Waals surface area (Å²) in [5.74, 6) is 0.519. The molecule has 0 amide bonds. The number of nitrogens with zero attached hydrogens (tertiary/aromatic N) is 1. The van der Waals surface area contributed by atoms with E-state index in [-0.39, 0.29) is 28.7 Å². The maximum Gasteiger partial charge on any atom is 0.315 e. The van der Waals surface area contributed by atoms with Crippen molar-refractivity contribution in [2.24, 2.45) is 5.92 Å². The first-order valence-electron chi connectivity index (χ1n) is 6.02. The van der Waals surface area contributed by atoms with Crippen LogP contribution in [0.2, 0.25) is 0 Å². The minimum Gasteiger partial charge on any atom is -0.490 e. The van der Waals surface area contributed by atoms with Gasteiger partial charge < -0.3 is 9.47 Å². The molecule has 6 heteroatoms. The number of hydrogen-bond acceptors (Lipinski definition) is 5. The molecule has 0 aromatic heterocycles. The molecule has 1 aromatic rings. The van der Waals surface area contributed by atoms with Gasteiger partial charge in [0.1, 0.15) is 6.29 Å². The molecule has 0 heterocycles. The zero-order valence-corrected chi connectivity index (χ0v) is 11.2. The maximum absolute atomic E-state index is 11.0. The summed E-state index contributed by atoms with van der Waals surface area (Å²) in [6, 6.07) is 2.63. The van der Waals surface area contributed by atoms with E-state index in [4.69, 9.17) is 9.47 Å². The van der Waals surface area contributed by atoms with Gasteiger partial charge in [0.25, 0.3) is 0 Å². The largest absolute Gasteiger partial charge is 0.490 e. The molecular weight excluding hydrogens is 250 g/mol. The minimum absolute atomic E-state index is 0.0751. The topological polar surface area (TPSA) is 78.7 Å². The van der Waals surface area contributed by atoms with Crippen molar-refractivity contribution in [1.29, 1.82) is 0 Å². The van der Waals surface area contributed by atoms with E-state index in [0.29, 0.717) is 19.5 Å². The van der Waals surface area contributed by atoms with E-state index in [9.17, 15) is 14.9 Å². The van der Waals surface area contributed by atoms with Crippen molar-refractivity contribution < 1.29 is 19.2 Å². The Kier molecular flexibility index (Phi) is 5.29. The highest BCUT2D eigenvalue weighted by Crippen LogP contribution is 2.38. The second kappa shape index (κ2) is 6.72. The van der Waals surface area contributed by atoms with E-state index < -0.39 is 4.92 Å². The van der Waals surface area contributed by atoms with Crippen LogP contribution in [0.25, 0.3) is 0 Å². The fourth-order valence-electron chi connectivity index (χ4n) is 1.47. The van der Waals surface area contributed by atoms with Crippen molar-refractivity contribution in [2.75, 3.05) is 13.2 Å². The maximum atomic E-state index is 11.0. The van der Waals surface area contributed by atoms with Gasteiger partial charge in [-0.15, -0.1) is 0 Å². The zero-order chi connectivity index (χ0) is 14.4. The number of ether oxygens (including phenoxy) is 2. The molecule has 19 heavy (non-hydrogen) atoms. The van der Waals surface area contributed by atoms with Crippen LogP contribution in [0.1, 0.15) is 31.1 Å². The Balaban J connectivity index is 3.27. The van der Waals surface area contributed by atoms with Gasteiger partial charge in [-0.25, -0.2) is 0 Å². The molecule has 0 saturated carbocycles. The van der Waals surface area contributed by atoms with Crippen molar-refractivity contribution in [3.8, 4) is 11.5 Å². The van der Waals surface area contributed by atoms with E-state index in [1.54, 1.807) is 6.92 Å². The molecule has 0 fully saturated rings. The van der Waals surface area contributed by atoms with Crippen LogP contribution in [0.5, 0.6) is 11.5 Å². The summed E-state index contributed by atoms with van der Waals surface area (Å²) in [5, 5.41) is 11.0. The second-order valence-corrected chi connectivity index (χ2v) is 4.38. The summed E-state index contributed by atoms with van der Waals surface area (Å²) in [4.78, 5) is 21.3. The fraction of sp³-hybridized carbons (Fsp3) is 0.462. The van der Waals surface area contributed by atoms with Gasteiger partial charge in [0.05, 0.1) is 18.1 Å². The lowest BCUT2D eigenvalue weighted by molar-refractivity contribution is -0.386. The molecule has 0 spiro atoms. The van der Waals surface area contributed by atoms with E-state index in [1.165, 1.54) is 12.1 Å². The molecule has 0 aliphatic heterocycles. The summed E-state index contributed by atoms with van der Waals surface area (Å²) in [6.07, 6.45) is 0.543. The fourth-order valence-corrected chi connectivity index (χ4v) is 1.47. The standard InChI is InChI=1S/C13H17NO5/c1-4-18-12-6-10(7-15)5-11(14(16)17)13(12)19-8-9(2)3/h5-7,9H,4,8H2,1-3H3. The van der Waals surface area contributed by atoms with Gasteiger partial charge in [-0.05, 0) is 18.9 Å². The van der Waals surface area contributed by atoms with Gasteiger partial charge in [-0.2, -0.15) is 0 Å². The highest BCUT2D eigenvalue weighted by Gasteiger charge is 2.22. The molecule has 0 saturated heterocycles. The van der Waals surface area contributed by atoms with Crippen LogP contribution in [0.4, 0.5) is 5.69 Å². The SMILES string of the molecule is CCOc1cc(C=O)cc([N+](=O)[O-])c1OCC(C)C. The van der Waals surface area contributed by atoms with Crippen molar-refractivity contribution in [3.63, 3.8) is 0 Å². The normalized spacial score (nSPS) is 10.3. The second-order valence-electron chi connectivity index (χ2n) is 4.38. The third kappa shape index (κ3) is 3.94. The first kappa shape index (κ1) is 14.9. The van der Waals surface area contributed by atoms with Crippen molar-refractivity contribution in [3.05, 3.63) is 27.8 Å². The third-order valence-corrected chi connectivity index (χ3v) is 2.25. The molecule has 0 aliphatic carbocycles. The van der Waals surface area contributed by atoms with E-state index in [0.717, 1.165) is 0 Å². The highest BCUT2D eigenvalue weighted by molar-refractivity contribution is 5.79. The monoisotopic (exact) mass is 267 g/mol. The lowest BCUT2D eigenvalue weighted by Gasteiger charge is -2.14. The lowest BCUT2D eigenvalue weighted by atomic mass is 10.2. The quantitative estimate of drug-likeness (QED) is 0.431. The number of benzene rings is 1. The van der Waals surface area contributed by atoms with Gasteiger partial charge >= 0.3 is 5.69 Å². The average molecular weight is 267 g/mol. The molecule has 6 nitrogen and oxygen atoms in total. The van der Waals surface area contributed by atoms with Gasteiger partial charge in [0.15, 0.2) is 5.75 Å². The smallest absolute Gasteiger partial charge is 0.315 e. The molecule has 1 aromatic carbocycles. The van der Waals surface area contributed by atoms with Crippen LogP contribution in [0, 0.1) is 16.0 Å². The first-order valence-corrected chi connectivity index (χ1v) is 6.02. The van der Waals surface area contributed by atoms with Gasteiger partial charge in [0.2, 0.25) is 5.75 Å². The summed E-state index contributed by atoms with van der Waals surface area (Å²) in [5.41, 5.74) is -0.0688. The molecule has 0 unspecified atom stereocenters. The van der Waals surface area contributed by atoms with E-state index >= 15 is 0 Å². The van der Waals surface area contributed by atoms with Crippen molar-refractivity contribution in [2.45, 2.75) is 20.8 Å². The molecule has 0 N–H and O–H groups in total. The Morgan fingerprint density at radius 3 is 2.53 bits per heavy atom. The van der Waals surface area contributed by atoms with Crippen LogP contribution >= 0.6 is 0 Å². The number of carbonyl (C=O) groups is 1. The number of hydrogen-bond donors (Lipinski definition) is 0. The number of nitro benzene ring substituents is 1. The molecule has 1 rings (SSSR count).